The molecule has 0 saturated carbocycles. The Hall–Kier alpha value is -3.07. The zero-order chi connectivity index (χ0) is 22.2. The number of halogens is 1. The Labute approximate surface area is 195 Å². The molecule has 6 nitrogen and oxygen atoms in total. The molecule has 3 rings (SSSR count). The van der Waals surface area contributed by atoms with Gasteiger partial charge in [0.25, 0.3) is 11.8 Å². The van der Waals surface area contributed by atoms with Crippen molar-refractivity contribution in [2.75, 3.05) is 30.9 Å². The molecule has 3 aromatic rings. The SMILES string of the molecule is CN(C)c1ccc(CNC(=O)c2ccccc2OCC(=O)Nc2ccc(I)cc2)cc1. The summed E-state index contributed by atoms with van der Waals surface area (Å²) >= 11 is 2.20. The first-order chi connectivity index (χ1) is 14.9. The van der Waals surface area contributed by atoms with E-state index in [0.717, 1.165) is 14.8 Å². The third-order valence-electron chi connectivity index (χ3n) is 4.52. The van der Waals surface area contributed by atoms with E-state index >= 15 is 0 Å². The fraction of sp³-hybridized carbons (Fsp3) is 0.167. The summed E-state index contributed by atoms with van der Waals surface area (Å²) in [5.41, 5.74) is 3.17. The van der Waals surface area contributed by atoms with Gasteiger partial charge >= 0.3 is 0 Å². The second-order valence-corrected chi connectivity index (χ2v) is 8.33. The summed E-state index contributed by atoms with van der Waals surface area (Å²) in [5.74, 6) is -0.191. The molecular weight excluding hydrogens is 505 g/mol. The van der Waals surface area contributed by atoms with E-state index in [2.05, 4.69) is 33.2 Å². The summed E-state index contributed by atoms with van der Waals surface area (Å²) in [6.07, 6.45) is 0. The van der Waals surface area contributed by atoms with Crippen LogP contribution in [-0.2, 0) is 11.3 Å². The van der Waals surface area contributed by atoms with Gasteiger partial charge in [0.15, 0.2) is 6.61 Å². The average Bonchev–Trinajstić information content (AvgIpc) is 2.78. The topological polar surface area (TPSA) is 70.7 Å². The molecule has 0 saturated heterocycles. The highest BCUT2D eigenvalue weighted by Gasteiger charge is 2.13. The fourth-order valence-electron chi connectivity index (χ4n) is 2.84. The lowest BCUT2D eigenvalue weighted by molar-refractivity contribution is -0.118. The van der Waals surface area contributed by atoms with Crippen LogP contribution in [-0.4, -0.2) is 32.5 Å². The smallest absolute Gasteiger partial charge is 0.262 e. The van der Waals surface area contributed by atoms with Crippen LogP contribution in [0.25, 0.3) is 0 Å². The Morgan fingerprint density at radius 3 is 2.29 bits per heavy atom. The standard InChI is InChI=1S/C24H24IN3O3/c1-28(2)20-13-7-17(8-14-20)15-26-24(30)21-5-3-4-6-22(21)31-16-23(29)27-19-11-9-18(25)10-12-19/h3-14H,15-16H2,1-2H3,(H,26,30)(H,27,29). The minimum Gasteiger partial charge on any atom is -0.483 e. The summed E-state index contributed by atoms with van der Waals surface area (Å²) in [4.78, 5) is 26.9. The number of anilines is 2. The van der Waals surface area contributed by atoms with Gasteiger partial charge in [-0.3, -0.25) is 9.59 Å². The van der Waals surface area contributed by atoms with Crippen LogP contribution >= 0.6 is 22.6 Å². The highest BCUT2D eigenvalue weighted by atomic mass is 127. The molecule has 0 heterocycles. The Bertz CT molecular complexity index is 1030. The van der Waals surface area contributed by atoms with Crippen molar-refractivity contribution in [2.45, 2.75) is 6.54 Å². The van der Waals surface area contributed by atoms with Gasteiger partial charge in [0, 0.05) is 35.6 Å². The number of ether oxygens (including phenoxy) is 1. The number of rotatable bonds is 8. The molecule has 0 spiro atoms. The van der Waals surface area contributed by atoms with Crippen molar-refractivity contribution in [2.24, 2.45) is 0 Å². The fourth-order valence-corrected chi connectivity index (χ4v) is 3.20. The van der Waals surface area contributed by atoms with Crippen LogP contribution in [0.3, 0.4) is 0 Å². The van der Waals surface area contributed by atoms with Crippen molar-refractivity contribution in [3.8, 4) is 5.75 Å². The molecule has 160 valence electrons. The Morgan fingerprint density at radius 1 is 0.935 bits per heavy atom. The molecule has 0 aliphatic rings. The predicted octanol–water partition coefficient (Wildman–Crippen LogP) is 4.30. The molecule has 2 amide bonds. The van der Waals surface area contributed by atoms with Crippen molar-refractivity contribution in [3.05, 3.63) is 87.5 Å². The van der Waals surface area contributed by atoms with Gasteiger partial charge in [0.2, 0.25) is 0 Å². The molecule has 0 aromatic heterocycles. The lowest BCUT2D eigenvalue weighted by Crippen LogP contribution is -2.25. The molecule has 0 atom stereocenters. The number of nitrogens with one attached hydrogen (secondary N) is 2. The van der Waals surface area contributed by atoms with Gasteiger partial charge in [-0.1, -0.05) is 24.3 Å². The second-order valence-electron chi connectivity index (χ2n) is 7.08. The maximum atomic E-state index is 12.7. The monoisotopic (exact) mass is 529 g/mol. The molecule has 2 N–H and O–H groups in total. The van der Waals surface area contributed by atoms with Crippen LogP contribution in [0, 0.1) is 3.57 Å². The zero-order valence-corrected chi connectivity index (χ0v) is 19.5. The molecular formula is C24H24IN3O3. The second kappa shape index (κ2) is 10.8. The molecule has 0 aliphatic heterocycles. The van der Waals surface area contributed by atoms with Crippen LogP contribution in [0.1, 0.15) is 15.9 Å². The van der Waals surface area contributed by atoms with Crippen LogP contribution < -0.4 is 20.3 Å². The first-order valence-corrected chi connectivity index (χ1v) is 10.8. The number of nitrogens with zero attached hydrogens (tertiary/aromatic N) is 1. The molecule has 31 heavy (non-hydrogen) atoms. The first-order valence-electron chi connectivity index (χ1n) is 9.74. The maximum absolute atomic E-state index is 12.7. The lowest BCUT2D eigenvalue weighted by Gasteiger charge is -2.14. The highest BCUT2D eigenvalue weighted by molar-refractivity contribution is 14.1. The summed E-state index contributed by atoms with van der Waals surface area (Å²) in [7, 11) is 3.96. The molecule has 0 fully saturated rings. The van der Waals surface area contributed by atoms with Crippen molar-refractivity contribution in [1.29, 1.82) is 0 Å². The number of carbonyl (C=O) groups excluding carboxylic acids is 2. The van der Waals surface area contributed by atoms with Crippen molar-refractivity contribution in [1.82, 2.24) is 5.32 Å². The van der Waals surface area contributed by atoms with Crippen molar-refractivity contribution >= 4 is 45.8 Å². The minimum absolute atomic E-state index is 0.192. The molecule has 7 heteroatoms. The zero-order valence-electron chi connectivity index (χ0n) is 17.4. The van der Waals surface area contributed by atoms with Crippen LogP contribution in [0.2, 0.25) is 0 Å². The van der Waals surface area contributed by atoms with E-state index < -0.39 is 0 Å². The molecule has 0 unspecified atom stereocenters. The van der Waals surface area contributed by atoms with Gasteiger partial charge < -0.3 is 20.3 Å². The van der Waals surface area contributed by atoms with Gasteiger partial charge in [-0.15, -0.1) is 0 Å². The van der Waals surface area contributed by atoms with Crippen LogP contribution in [0.5, 0.6) is 5.75 Å². The maximum Gasteiger partial charge on any atom is 0.262 e. The van der Waals surface area contributed by atoms with Crippen LogP contribution in [0.4, 0.5) is 11.4 Å². The minimum atomic E-state index is -0.294. The lowest BCUT2D eigenvalue weighted by atomic mass is 10.1. The van der Waals surface area contributed by atoms with Crippen molar-refractivity contribution < 1.29 is 14.3 Å². The van der Waals surface area contributed by atoms with E-state index in [4.69, 9.17) is 4.74 Å². The van der Waals surface area contributed by atoms with Gasteiger partial charge in [-0.25, -0.2) is 0 Å². The number of benzene rings is 3. The number of carbonyl (C=O) groups is 2. The first kappa shape index (κ1) is 22.6. The molecule has 3 aromatic carbocycles. The average molecular weight is 529 g/mol. The Kier molecular flexibility index (Phi) is 7.88. The van der Waals surface area contributed by atoms with E-state index in [1.807, 2.05) is 67.5 Å². The van der Waals surface area contributed by atoms with Gasteiger partial charge in [-0.05, 0) is 76.7 Å². The summed E-state index contributed by atoms with van der Waals surface area (Å²) < 4.78 is 6.71. The third-order valence-corrected chi connectivity index (χ3v) is 5.24. The highest BCUT2D eigenvalue weighted by Crippen LogP contribution is 2.19. The predicted molar refractivity (Wildman–Crippen MR) is 132 cm³/mol. The largest absolute Gasteiger partial charge is 0.483 e. The van der Waals surface area contributed by atoms with Gasteiger partial charge in [0.05, 0.1) is 5.56 Å². The van der Waals surface area contributed by atoms with Gasteiger partial charge in [-0.2, -0.15) is 0 Å². The van der Waals surface area contributed by atoms with E-state index in [0.29, 0.717) is 23.5 Å². The molecule has 0 bridgehead atoms. The molecule has 0 radical (unpaired) electrons. The summed E-state index contributed by atoms with van der Waals surface area (Å²) in [6.45, 7) is 0.205. The molecule has 0 aliphatic carbocycles. The van der Waals surface area contributed by atoms with E-state index in [1.54, 1.807) is 24.3 Å². The van der Waals surface area contributed by atoms with Crippen molar-refractivity contribution in [3.63, 3.8) is 0 Å². The third kappa shape index (κ3) is 6.71. The van der Waals surface area contributed by atoms with E-state index in [9.17, 15) is 9.59 Å². The number of hydrogen-bond acceptors (Lipinski definition) is 4. The summed E-state index contributed by atoms with van der Waals surface area (Å²) in [6, 6.07) is 22.3. The quantitative estimate of drug-likeness (QED) is 0.427. The number of para-hydroxylation sites is 1. The van der Waals surface area contributed by atoms with E-state index in [1.165, 1.54) is 0 Å². The number of hydrogen-bond donors (Lipinski definition) is 2. The normalized spacial score (nSPS) is 10.3. The Balaban J connectivity index is 1.56. The van der Waals surface area contributed by atoms with E-state index in [-0.39, 0.29) is 18.4 Å². The van der Waals surface area contributed by atoms with Gasteiger partial charge in [0.1, 0.15) is 5.75 Å². The number of amides is 2. The Morgan fingerprint density at radius 2 is 1.61 bits per heavy atom. The summed E-state index contributed by atoms with van der Waals surface area (Å²) in [5, 5.41) is 5.68. The van der Waals surface area contributed by atoms with Crippen LogP contribution in [0.15, 0.2) is 72.8 Å².